The van der Waals surface area contributed by atoms with Gasteiger partial charge in [0, 0.05) is 25.5 Å². The lowest BCUT2D eigenvalue weighted by atomic mass is 10.1. The van der Waals surface area contributed by atoms with Gasteiger partial charge in [-0.05, 0) is 42.2 Å². The van der Waals surface area contributed by atoms with E-state index in [2.05, 4.69) is 17.4 Å². The molecule has 25 heavy (non-hydrogen) atoms. The second-order valence-corrected chi connectivity index (χ2v) is 6.00. The van der Waals surface area contributed by atoms with E-state index in [-0.39, 0.29) is 12.5 Å². The normalized spacial score (nSPS) is 10.7. The fourth-order valence-electron chi connectivity index (χ4n) is 2.43. The van der Waals surface area contributed by atoms with Crippen LogP contribution in [0, 0.1) is 6.92 Å². The Morgan fingerprint density at radius 3 is 2.56 bits per heavy atom. The molecule has 2 rings (SSSR count). The molecule has 0 atom stereocenters. The molecule has 0 radical (unpaired) electrons. The predicted molar refractivity (Wildman–Crippen MR) is 104 cm³/mol. The first-order valence-corrected chi connectivity index (χ1v) is 8.32. The summed E-state index contributed by atoms with van der Waals surface area (Å²) < 4.78 is 0. The molecule has 0 aromatic heterocycles. The van der Waals surface area contributed by atoms with Crippen molar-refractivity contribution in [3.05, 3.63) is 59.2 Å². The third-order valence-corrected chi connectivity index (χ3v) is 3.89. The van der Waals surface area contributed by atoms with Crippen LogP contribution in [0.5, 0.6) is 0 Å². The van der Waals surface area contributed by atoms with Crippen LogP contribution in [0.15, 0.2) is 47.6 Å². The predicted octanol–water partition coefficient (Wildman–Crippen LogP) is 3.61. The van der Waals surface area contributed by atoms with E-state index < -0.39 is 0 Å². The molecule has 0 fully saturated rings. The SMILES string of the molecule is CCc1cccc(C)c1NC(=O)CO/N=C\c1ccc(N(C)C)cc1. The van der Waals surface area contributed by atoms with Crippen LogP contribution in [0.1, 0.15) is 23.6 Å². The van der Waals surface area contributed by atoms with Gasteiger partial charge in [0.15, 0.2) is 6.61 Å². The van der Waals surface area contributed by atoms with E-state index in [1.165, 1.54) is 0 Å². The van der Waals surface area contributed by atoms with E-state index in [1.54, 1.807) is 6.21 Å². The van der Waals surface area contributed by atoms with E-state index in [9.17, 15) is 4.79 Å². The van der Waals surface area contributed by atoms with Crippen LogP contribution < -0.4 is 10.2 Å². The lowest BCUT2D eigenvalue weighted by Gasteiger charge is -2.12. The summed E-state index contributed by atoms with van der Waals surface area (Å²) in [4.78, 5) is 19.2. The first-order valence-electron chi connectivity index (χ1n) is 8.32. The van der Waals surface area contributed by atoms with Gasteiger partial charge in [-0.15, -0.1) is 0 Å². The lowest BCUT2D eigenvalue weighted by Crippen LogP contribution is -2.18. The van der Waals surface area contributed by atoms with Gasteiger partial charge in [-0.2, -0.15) is 0 Å². The molecule has 0 heterocycles. The van der Waals surface area contributed by atoms with Crippen LogP contribution >= 0.6 is 0 Å². The Morgan fingerprint density at radius 2 is 1.92 bits per heavy atom. The number of carbonyl (C=O) groups excluding carboxylic acids is 1. The number of amides is 1. The molecule has 0 bridgehead atoms. The molecule has 0 aliphatic carbocycles. The molecular formula is C20H25N3O2. The Bertz CT molecular complexity index is 737. The molecule has 2 aromatic carbocycles. The second kappa shape index (κ2) is 8.87. The van der Waals surface area contributed by atoms with E-state index in [1.807, 2.05) is 68.4 Å². The molecule has 5 nitrogen and oxygen atoms in total. The van der Waals surface area contributed by atoms with Crippen LogP contribution in [0.3, 0.4) is 0 Å². The molecule has 0 saturated heterocycles. The Balaban J connectivity index is 1.86. The molecule has 0 spiro atoms. The standard InChI is InChI=1S/C20H25N3O2/c1-5-17-8-6-7-15(2)20(17)22-19(24)14-25-21-13-16-9-11-18(12-10-16)23(3)4/h6-13H,5,14H2,1-4H3,(H,22,24)/b21-13-. The number of anilines is 2. The van der Waals surface area contributed by atoms with Gasteiger partial charge in [0.25, 0.3) is 5.91 Å². The van der Waals surface area contributed by atoms with Gasteiger partial charge in [-0.3, -0.25) is 4.79 Å². The van der Waals surface area contributed by atoms with Crippen molar-refractivity contribution in [3.63, 3.8) is 0 Å². The topological polar surface area (TPSA) is 53.9 Å². The van der Waals surface area contributed by atoms with Crippen LogP contribution in [0.25, 0.3) is 0 Å². The van der Waals surface area contributed by atoms with Gasteiger partial charge in [0.05, 0.1) is 6.21 Å². The highest BCUT2D eigenvalue weighted by atomic mass is 16.6. The average molecular weight is 339 g/mol. The minimum absolute atomic E-state index is 0.121. The number of para-hydroxylation sites is 1. The van der Waals surface area contributed by atoms with Crippen molar-refractivity contribution in [2.24, 2.45) is 5.16 Å². The molecule has 1 amide bonds. The zero-order chi connectivity index (χ0) is 18.2. The Morgan fingerprint density at radius 1 is 1.20 bits per heavy atom. The molecule has 0 saturated carbocycles. The van der Waals surface area contributed by atoms with Gasteiger partial charge in [-0.25, -0.2) is 0 Å². The molecule has 5 heteroatoms. The Hall–Kier alpha value is -2.82. The molecular weight excluding hydrogens is 314 g/mol. The average Bonchev–Trinajstić information content (AvgIpc) is 2.61. The summed E-state index contributed by atoms with van der Waals surface area (Å²) in [5.41, 5.74) is 5.04. The highest BCUT2D eigenvalue weighted by Crippen LogP contribution is 2.20. The summed E-state index contributed by atoms with van der Waals surface area (Å²) in [6, 6.07) is 13.9. The van der Waals surface area contributed by atoms with Crippen LogP contribution in [0.2, 0.25) is 0 Å². The molecule has 1 N–H and O–H groups in total. The molecule has 0 aliphatic rings. The summed E-state index contributed by atoms with van der Waals surface area (Å²) in [7, 11) is 3.98. The number of hydrogen-bond donors (Lipinski definition) is 1. The van der Waals surface area contributed by atoms with Gasteiger partial charge >= 0.3 is 0 Å². The van der Waals surface area contributed by atoms with Crippen molar-refractivity contribution in [3.8, 4) is 0 Å². The van der Waals surface area contributed by atoms with Crippen molar-refractivity contribution in [1.82, 2.24) is 0 Å². The molecule has 0 unspecified atom stereocenters. The summed E-state index contributed by atoms with van der Waals surface area (Å²) in [6.45, 7) is 3.92. The van der Waals surface area contributed by atoms with Crippen LogP contribution in [-0.2, 0) is 16.1 Å². The largest absolute Gasteiger partial charge is 0.386 e. The van der Waals surface area contributed by atoms with Crippen LogP contribution in [0.4, 0.5) is 11.4 Å². The van der Waals surface area contributed by atoms with Crippen molar-refractivity contribution in [2.45, 2.75) is 20.3 Å². The highest BCUT2D eigenvalue weighted by molar-refractivity contribution is 5.93. The number of oxime groups is 1. The zero-order valence-corrected chi connectivity index (χ0v) is 15.2. The number of carbonyl (C=O) groups is 1. The van der Waals surface area contributed by atoms with Crippen molar-refractivity contribution < 1.29 is 9.63 Å². The fourth-order valence-corrected chi connectivity index (χ4v) is 2.43. The number of hydrogen-bond acceptors (Lipinski definition) is 4. The van der Waals surface area contributed by atoms with Crippen LogP contribution in [-0.4, -0.2) is 32.8 Å². The molecule has 132 valence electrons. The molecule has 2 aromatic rings. The van der Waals surface area contributed by atoms with Gasteiger partial charge < -0.3 is 15.1 Å². The first-order chi connectivity index (χ1) is 12.0. The third-order valence-electron chi connectivity index (χ3n) is 3.89. The summed E-state index contributed by atoms with van der Waals surface area (Å²) in [5.74, 6) is -0.218. The van der Waals surface area contributed by atoms with Crippen molar-refractivity contribution in [2.75, 3.05) is 30.9 Å². The summed E-state index contributed by atoms with van der Waals surface area (Å²) in [5, 5.41) is 6.77. The van der Waals surface area contributed by atoms with Gasteiger partial charge in [0.2, 0.25) is 0 Å². The number of nitrogens with one attached hydrogen (secondary N) is 1. The summed E-state index contributed by atoms with van der Waals surface area (Å²) >= 11 is 0. The number of benzene rings is 2. The molecule has 0 aliphatic heterocycles. The Labute approximate surface area is 149 Å². The lowest BCUT2D eigenvalue weighted by molar-refractivity contribution is -0.120. The fraction of sp³-hybridized carbons (Fsp3) is 0.300. The maximum atomic E-state index is 12.0. The quantitative estimate of drug-likeness (QED) is 0.619. The minimum Gasteiger partial charge on any atom is -0.386 e. The van der Waals surface area contributed by atoms with E-state index in [0.717, 1.165) is 34.5 Å². The Kier molecular flexibility index (Phi) is 6.57. The van der Waals surface area contributed by atoms with Gasteiger partial charge in [-0.1, -0.05) is 42.4 Å². The monoisotopic (exact) mass is 339 g/mol. The number of aryl methyl sites for hydroxylation is 2. The van der Waals surface area contributed by atoms with E-state index in [0.29, 0.717) is 0 Å². The van der Waals surface area contributed by atoms with Gasteiger partial charge in [0.1, 0.15) is 0 Å². The summed E-state index contributed by atoms with van der Waals surface area (Å²) in [6.07, 6.45) is 2.46. The highest BCUT2D eigenvalue weighted by Gasteiger charge is 2.08. The van der Waals surface area contributed by atoms with Crippen molar-refractivity contribution >= 4 is 23.5 Å². The second-order valence-electron chi connectivity index (χ2n) is 6.00. The zero-order valence-electron chi connectivity index (χ0n) is 15.2. The van der Waals surface area contributed by atoms with E-state index in [4.69, 9.17) is 4.84 Å². The number of nitrogens with zero attached hydrogens (tertiary/aromatic N) is 2. The minimum atomic E-state index is -0.218. The first kappa shape index (κ1) is 18.5. The maximum Gasteiger partial charge on any atom is 0.265 e. The van der Waals surface area contributed by atoms with Crippen molar-refractivity contribution in [1.29, 1.82) is 0 Å². The van der Waals surface area contributed by atoms with E-state index >= 15 is 0 Å². The number of rotatable bonds is 7. The smallest absolute Gasteiger partial charge is 0.265 e. The maximum absolute atomic E-state index is 12.0. The third kappa shape index (κ3) is 5.35.